The summed E-state index contributed by atoms with van der Waals surface area (Å²) in [6, 6.07) is 0. The first-order valence-corrected chi connectivity index (χ1v) is 4.11. The lowest BCUT2D eigenvalue weighted by molar-refractivity contribution is -0.152. The van der Waals surface area contributed by atoms with Crippen molar-refractivity contribution in [2.45, 2.75) is 18.9 Å². The molecule has 0 saturated carbocycles. The molecule has 4 N–H and O–H groups in total. The first-order valence-electron chi connectivity index (χ1n) is 4.11. The number of alkyl halides is 2. The van der Waals surface area contributed by atoms with Gasteiger partial charge >= 0.3 is 5.97 Å². The second-order valence-corrected chi connectivity index (χ2v) is 2.59. The van der Waals surface area contributed by atoms with Gasteiger partial charge < -0.3 is 16.2 Å². The smallest absolute Gasteiger partial charge is 0.336 e. The van der Waals surface area contributed by atoms with E-state index in [0.717, 1.165) is 6.08 Å². The number of carbonyl (C=O) groups excluding carboxylic acids is 1. The van der Waals surface area contributed by atoms with Gasteiger partial charge in [-0.2, -0.15) is 0 Å². The van der Waals surface area contributed by atoms with Crippen LogP contribution in [0.2, 0.25) is 0 Å². The van der Waals surface area contributed by atoms with Crippen LogP contribution in [0.3, 0.4) is 0 Å². The van der Waals surface area contributed by atoms with E-state index < -0.39 is 17.9 Å². The summed E-state index contributed by atoms with van der Waals surface area (Å²) in [5.41, 5.74) is 7.87. The van der Waals surface area contributed by atoms with Crippen LogP contribution in [-0.4, -0.2) is 31.1 Å². The molecule has 0 aromatic carbocycles. The van der Waals surface area contributed by atoms with E-state index in [1.165, 1.54) is 13.0 Å². The second-order valence-electron chi connectivity index (χ2n) is 2.59. The van der Waals surface area contributed by atoms with Crippen LogP contribution >= 0.6 is 0 Å². The normalized spacial score (nSPS) is 15.9. The molecule has 1 unspecified atom stereocenters. The Morgan fingerprint density at radius 2 is 2.21 bits per heavy atom. The summed E-state index contributed by atoms with van der Waals surface area (Å²) in [6.07, 6.45) is -0.956. The highest BCUT2D eigenvalue weighted by molar-refractivity contribution is 5.83. The van der Waals surface area contributed by atoms with Crippen molar-refractivity contribution in [1.82, 2.24) is 0 Å². The number of rotatable bonds is 5. The van der Waals surface area contributed by atoms with Crippen molar-refractivity contribution >= 4 is 5.97 Å². The molecule has 0 aliphatic carbocycles. The Balaban J connectivity index is 4.71. The molecule has 0 bridgehead atoms. The van der Waals surface area contributed by atoms with Crippen LogP contribution in [0.4, 0.5) is 8.78 Å². The van der Waals surface area contributed by atoms with Crippen molar-refractivity contribution in [3.63, 3.8) is 0 Å². The van der Waals surface area contributed by atoms with Gasteiger partial charge in [0.2, 0.25) is 0 Å². The summed E-state index contributed by atoms with van der Waals surface area (Å²) >= 11 is 0. The molecule has 4 nitrogen and oxygen atoms in total. The predicted octanol–water partition coefficient (Wildman–Crippen LogP) is 0.0270. The van der Waals surface area contributed by atoms with E-state index in [2.05, 4.69) is 4.74 Å². The summed E-state index contributed by atoms with van der Waals surface area (Å²) in [4.78, 5) is 11.1. The number of hydrogen-bond acceptors (Lipinski definition) is 4. The number of nitrogens with two attached hydrogens (primary N) is 2. The van der Waals surface area contributed by atoms with Crippen molar-refractivity contribution in [2.24, 2.45) is 11.5 Å². The summed E-state index contributed by atoms with van der Waals surface area (Å²) in [6.45, 7) is 1.54. The Labute approximate surface area is 80.9 Å². The van der Waals surface area contributed by atoms with E-state index in [-0.39, 0.29) is 13.2 Å². The third-order valence-electron chi connectivity index (χ3n) is 1.52. The minimum absolute atomic E-state index is 0.000961. The molecule has 0 aliphatic heterocycles. The summed E-state index contributed by atoms with van der Waals surface area (Å²) < 4.78 is 29.4. The summed E-state index contributed by atoms with van der Waals surface area (Å²) in [5, 5.41) is 0. The monoisotopic (exact) mass is 208 g/mol. The van der Waals surface area contributed by atoms with Gasteiger partial charge in [0.1, 0.15) is 0 Å². The molecule has 0 heterocycles. The van der Waals surface area contributed by atoms with Crippen LogP contribution in [0.5, 0.6) is 0 Å². The maximum absolute atomic E-state index is 12.5. The van der Waals surface area contributed by atoms with Gasteiger partial charge in [0.05, 0.1) is 6.61 Å². The minimum atomic E-state index is -3.02. The zero-order chi connectivity index (χ0) is 11.2. The molecule has 14 heavy (non-hydrogen) atoms. The van der Waals surface area contributed by atoms with E-state index >= 15 is 0 Å². The molecule has 0 radical (unpaired) electrons. The fourth-order valence-electron chi connectivity index (χ4n) is 0.749. The van der Waals surface area contributed by atoms with E-state index in [9.17, 15) is 13.6 Å². The minimum Gasteiger partial charge on any atom is -0.464 e. The van der Waals surface area contributed by atoms with Gasteiger partial charge in [-0.1, -0.05) is 12.2 Å². The standard InChI is InChI=1S/C8H14F2N2O2/c1-2-14-7(13)8(12,6(9)10)4-3-5-11/h3-4,6H,2,5,11-12H2,1H3. The first kappa shape index (κ1) is 13.0. The molecule has 0 aromatic heterocycles. The van der Waals surface area contributed by atoms with Crippen LogP contribution < -0.4 is 11.5 Å². The molecule has 0 aliphatic rings. The van der Waals surface area contributed by atoms with Gasteiger partial charge in [0, 0.05) is 6.54 Å². The number of ether oxygens (including phenoxy) is 1. The highest BCUT2D eigenvalue weighted by Crippen LogP contribution is 2.16. The van der Waals surface area contributed by atoms with Crippen molar-refractivity contribution in [2.75, 3.05) is 13.2 Å². The lowest BCUT2D eigenvalue weighted by Crippen LogP contribution is -2.53. The average Bonchev–Trinajstić information content (AvgIpc) is 2.14. The third-order valence-corrected chi connectivity index (χ3v) is 1.52. The van der Waals surface area contributed by atoms with Crippen molar-refractivity contribution in [3.05, 3.63) is 12.2 Å². The molecule has 0 spiro atoms. The lowest BCUT2D eigenvalue weighted by Gasteiger charge is -2.22. The molecule has 0 rings (SSSR count). The summed E-state index contributed by atoms with van der Waals surface area (Å²) in [7, 11) is 0. The Hall–Kier alpha value is -1.01. The van der Waals surface area contributed by atoms with Crippen LogP contribution in [0, 0.1) is 0 Å². The zero-order valence-corrected chi connectivity index (χ0v) is 7.87. The molecule has 0 saturated heterocycles. The number of esters is 1. The van der Waals surface area contributed by atoms with Crippen LogP contribution in [0.25, 0.3) is 0 Å². The number of halogens is 2. The number of hydrogen-bond donors (Lipinski definition) is 2. The number of carbonyl (C=O) groups is 1. The SMILES string of the molecule is CCOC(=O)C(N)(C=CCN)C(F)F. The van der Waals surface area contributed by atoms with Gasteiger partial charge in [0.25, 0.3) is 6.43 Å². The highest BCUT2D eigenvalue weighted by Gasteiger charge is 2.42. The summed E-state index contributed by atoms with van der Waals surface area (Å²) in [5.74, 6) is -1.15. The molecular weight excluding hydrogens is 194 g/mol. The predicted molar refractivity (Wildman–Crippen MR) is 47.7 cm³/mol. The van der Waals surface area contributed by atoms with E-state index in [1.807, 2.05) is 0 Å². The zero-order valence-electron chi connectivity index (χ0n) is 7.87. The van der Waals surface area contributed by atoms with Gasteiger partial charge in [-0.25, -0.2) is 13.6 Å². The molecular formula is C8H14F2N2O2. The molecule has 0 amide bonds. The van der Waals surface area contributed by atoms with E-state index in [1.54, 1.807) is 0 Å². The Kier molecular flexibility index (Phi) is 5.26. The fourth-order valence-corrected chi connectivity index (χ4v) is 0.749. The topological polar surface area (TPSA) is 78.3 Å². The van der Waals surface area contributed by atoms with Crippen LogP contribution in [-0.2, 0) is 9.53 Å². The molecule has 0 fully saturated rings. The van der Waals surface area contributed by atoms with Crippen LogP contribution in [0.15, 0.2) is 12.2 Å². The van der Waals surface area contributed by atoms with Crippen molar-refractivity contribution < 1.29 is 18.3 Å². The van der Waals surface area contributed by atoms with Crippen molar-refractivity contribution in [3.8, 4) is 0 Å². The second kappa shape index (κ2) is 5.66. The quantitative estimate of drug-likeness (QED) is 0.493. The molecule has 1 atom stereocenters. The van der Waals surface area contributed by atoms with Crippen LogP contribution in [0.1, 0.15) is 6.92 Å². The van der Waals surface area contributed by atoms with Gasteiger partial charge in [-0.3, -0.25) is 0 Å². The maximum atomic E-state index is 12.5. The average molecular weight is 208 g/mol. The fraction of sp³-hybridized carbons (Fsp3) is 0.625. The molecule has 0 aromatic rings. The highest BCUT2D eigenvalue weighted by atomic mass is 19.3. The maximum Gasteiger partial charge on any atom is 0.336 e. The molecule has 82 valence electrons. The van der Waals surface area contributed by atoms with Gasteiger partial charge in [0.15, 0.2) is 5.54 Å². The van der Waals surface area contributed by atoms with E-state index in [0.29, 0.717) is 0 Å². The third kappa shape index (κ3) is 3.04. The van der Waals surface area contributed by atoms with Crippen molar-refractivity contribution in [1.29, 1.82) is 0 Å². The largest absolute Gasteiger partial charge is 0.464 e. The Morgan fingerprint density at radius 3 is 2.57 bits per heavy atom. The molecule has 6 heteroatoms. The van der Waals surface area contributed by atoms with Gasteiger partial charge in [-0.05, 0) is 6.92 Å². The van der Waals surface area contributed by atoms with E-state index in [4.69, 9.17) is 11.5 Å². The Bertz CT molecular complexity index is 221. The Morgan fingerprint density at radius 1 is 1.64 bits per heavy atom. The first-order chi connectivity index (χ1) is 6.49. The van der Waals surface area contributed by atoms with Gasteiger partial charge in [-0.15, -0.1) is 0 Å². The lowest BCUT2D eigenvalue weighted by atomic mass is 10.0.